The van der Waals surface area contributed by atoms with E-state index in [0.29, 0.717) is 19.3 Å². The van der Waals surface area contributed by atoms with Crippen molar-refractivity contribution in [2.24, 2.45) is 10.8 Å². The second-order valence-electron chi connectivity index (χ2n) is 10.6. The Balaban J connectivity index is 1.62. The van der Waals surface area contributed by atoms with Crippen LogP contribution in [0.3, 0.4) is 0 Å². The molecule has 1 unspecified atom stereocenters. The summed E-state index contributed by atoms with van der Waals surface area (Å²) >= 11 is 0. The Hall–Kier alpha value is -2.23. The maximum atomic E-state index is 13.4. The number of carbonyl (C=O) groups is 3. The van der Waals surface area contributed by atoms with Crippen molar-refractivity contribution in [1.29, 1.82) is 0 Å². The highest BCUT2D eigenvalue weighted by Gasteiger charge is 2.93. The largest absolute Gasteiger partial charge is 0.472 e. The van der Waals surface area contributed by atoms with Gasteiger partial charge in [0.25, 0.3) is 0 Å². The quantitative estimate of drug-likeness (QED) is 0.493. The Morgan fingerprint density at radius 1 is 1.18 bits per heavy atom. The van der Waals surface area contributed by atoms with Crippen molar-refractivity contribution in [2.75, 3.05) is 13.2 Å². The Morgan fingerprint density at radius 2 is 1.94 bits per heavy atom. The van der Waals surface area contributed by atoms with Gasteiger partial charge < -0.3 is 28.1 Å². The number of Topliss-reactive ketones (excluding diaryl/α,β-unsaturated/α-hetero) is 1. The number of epoxide rings is 1. The lowest BCUT2D eigenvalue weighted by atomic mass is 9.40. The monoisotopic (exact) mass is 460 g/mol. The molecule has 0 amide bonds. The highest BCUT2D eigenvalue weighted by Crippen LogP contribution is 2.81. The zero-order chi connectivity index (χ0) is 23.5. The normalized spacial score (nSPS) is 49.1. The van der Waals surface area contributed by atoms with Crippen LogP contribution < -0.4 is 0 Å². The van der Waals surface area contributed by atoms with E-state index in [1.807, 2.05) is 13.0 Å². The van der Waals surface area contributed by atoms with Crippen LogP contribution in [-0.2, 0) is 43.9 Å². The number of ketones is 1. The summed E-state index contributed by atoms with van der Waals surface area (Å²) in [5.74, 6) is -2.14. The molecule has 7 atom stereocenters. The molecule has 9 nitrogen and oxygen atoms in total. The molecule has 2 bridgehead atoms. The molecule has 9 heteroatoms. The van der Waals surface area contributed by atoms with Crippen LogP contribution in [0.15, 0.2) is 23.0 Å². The van der Waals surface area contributed by atoms with Crippen molar-refractivity contribution >= 4 is 17.7 Å². The van der Waals surface area contributed by atoms with Crippen molar-refractivity contribution in [3.8, 4) is 0 Å². The number of ether oxygens (including phenoxy) is 5. The smallest absolute Gasteiger partial charge is 0.302 e. The Bertz CT molecular complexity index is 1060. The minimum absolute atomic E-state index is 0.0747. The molecule has 2 aliphatic carbocycles. The summed E-state index contributed by atoms with van der Waals surface area (Å²) in [6, 6.07) is 1.82. The van der Waals surface area contributed by atoms with E-state index < -0.39 is 51.5 Å². The van der Waals surface area contributed by atoms with Crippen LogP contribution >= 0.6 is 0 Å². The number of hydrogen-bond acceptors (Lipinski definition) is 9. The van der Waals surface area contributed by atoms with Crippen molar-refractivity contribution in [3.05, 3.63) is 24.2 Å². The van der Waals surface area contributed by atoms with E-state index in [4.69, 9.17) is 28.1 Å². The highest BCUT2D eigenvalue weighted by molar-refractivity contribution is 5.93. The molecule has 33 heavy (non-hydrogen) atoms. The van der Waals surface area contributed by atoms with Crippen LogP contribution in [0.25, 0.3) is 0 Å². The van der Waals surface area contributed by atoms with Gasteiger partial charge in [0.15, 0.2) is 17.2 Å². The third-order valence-corrected chi connectivity index (χ3v) is 9.30. The van der Waals surface area contributed by atoms with E-state index in [1.54, 1.807) is 12.5 Å². The van der Waals surface area contributed by atoms with Gasteiger partial charge in [0, 0.05) is 44.1 Å². The number of fused-ring (bicyclic) bond motifs is 2. The van der Waals surface area contributed by atoms with Gasteiger partial charge >= 0.3 is 11.9 Å². The lowest BCUT2D eigenvalue weighted by molar-refractivity contribution is -0.421. The van der Waals surface area contributed by atoms with Gasteiger partial charge in [-0.3, -0.25) is 14.4 Å². The molecule has 6 rings (SSSR count). The molecule has 0 radical (unpaired) electrons. The molecule has 0 N–H and O–H groups in total. The Morgan fingerprint density at radius 3 is 2.55 bits per heavy atom. The molecule has 2 saturated carbocycles. The first-order valence-corrected chi connectivity index (χ1v) is 11.4. The maximum Gasteiger partial charge on any atom is 0.302 e. The van der Waals surface area contributed by atoms with Gasteiger partial charge in [0.1, 0.15) is 18.1 Å². The van der Waals surface area contributed by atoms with Gasteiger partial charge in [-0.25, -0.2) is 0 Å². The Labute approximate surface area is 191 Å². The third-order valence-electron chi connectivity index (χ3n) is 9.30. The summed E-state index contributed by atoms with van der Waals surface area (Å²) in [6.07, 6.45) is 3.85. The fourth-order valence-corrected chi connectivity index (χ4v) is 7.78. The van der Waals surface area contributed by atoms with Crippen LogP contribution in [0.5, 0.6) is 0 Å². The average Bonchev–Trinajstić information content (AvgIpc) is 3.12. The molecule has 1 aromatic rings. The van der Waals surface area contributed by atoms with Gasteiger partial charge in [0.05, 0.1) is 30.3 Å². The van der Waals surface area contributed by atoms with E-state index >= 15 is 0 Å². The molecular weight excluding hydrogens is 432 g/mol. The highest BCUT2D eigenvalue weighted by atomic mass is 16.8. The summed E-state index contributed by atoms with van der Waals surface area (Å²) in [7, 11) is 0. The van der Waals surface area contributed by atoms with Gasteiger partial charge in [-0.2, -0.15) is 0 Å². The fourth-order valence-electron chi connectivity index (χ4n) is 7.78. The van der Waals surface area contributed by atoms with Crippen LogP contribution in [0.2, 0.25) is 0 Å². The van der Waals surface area contributed by atoms with Gasteiger partial charge in [-0.05, 0) is 19.4 Å². The van der Waals surface area contributed by atoms with Crippen LogP contribution in [0.1, 0.15) is 58.9 Å². The predicted molar refractivity (Wildman–Crippen MR) is 109 cm³/mol. The van der Waals surface area contributed by atoms with E-state index in [1.165, 1.54) is 13.8 Å². The summed E-state index contributed by atoms with van der Waals surface area (Å²) in [5.41, 5.74) is -4.04. The lowest BCUT2D eigenvalue weighted by Gasteiger charge is -2.69. The van der Waals surface area contributed by atoms with Crippen LogP contribution in [0.4, 0.5) is 0 Å². The number of furan rings is 1. The van der Waals surface area contributed by atoms with E-state index in [2.05, 4.69) is 6.92 Å². The van der Waals surface area contributed by atoms with Gasteiger partial charge in [-0.15, -0.1) is 0 Å². The summed E-state index contributed by atoms with van der Waals surface area (Å²) in [5, 5.41) is 0. The molecule has 4 heterocycles. The molecule has 2 spiro atoms. The first kappa shape index (κ1) is 21.3. The zero-order valence-corrected chi connectivity index (χ0v) is 19.2. The van der Waals surface area contributed by atoms with Crippen molar-refractivity contribution in [3.63, 3.8) is 0 Å². The first-order valence-electron chi connectivity index (χ1n) is 11.4. The molecule has 178 valence electrons. The van der Waals surface area contributed by atoms with Crippen LogP contribution in [0, 0.1) is 10.8 Å². The number of rotatable bonds is 4. The summed E-state index contributed by atoms with van der Waals surface area (Å²) < 4.78 is 36.5. The predicted octanol–water partition coefficient (Wildman–Crippen LogP) is 2.40. The Kier molecular flexibility index (Phi) is 3.91. The van der Waals surface area contributed by atoms with E-state index in [-0.39, 0.29) is 25.4 Å². The van der Waals surface area contributed by atoms with Gasteiger partial charge in [-0.1, -0.05) is 6.92 Å². The second kappa shape index (κ2) is 6.06. The number of hydrogen-bond donors (Lipinski definition) is 0. The number of esters is 2. The second-order valence-corrected chi connectivity index (χ2v) is 10.6. The molecule has 5 fully saturated rings. The fraction of sp³-hybridized carbons (Fsp3) is 0.708. The zero-order valence-electron chi connectivity index (χ0n) is 19.2. The van der Waals surface area contributed by atoms with E-state index in [0.717, 1.165) is 5.56 Å². The molecule has 1 aromatic heterocycles. The summed E-state index contributed by atoms with van der Waals surface area (Å²) in [6.45, 7) is 6.80. The topological polar surface area (TPSA) is 114 Å². The minimum atomic E-state index is -1.24. The minimum Gasteiger partial charge on any atom is -0.472 e. The van der Waals surface area contributed by atoms with Gasteiger partial charge in [0.2, 0.25) is 0 Å². The average molecular weight is 460 g/mol. The lowest BCUT2D eigenvalue weighted by Crippen LogP contribution is -2.82. The van der Waals surface area contributed by atoms with Crippen molar-refractivity contribution in [1.82, 2.24) is 0 Å². The molecule has 3 aliphatic heterocycles. The molecule has 5 aliphatic rings. The van der Waals surface area contributed by atoms with Crippen molar-refractivity contribution < 1.29 is 42.5 Å². The van der Waals surface area contributed by atoms with Crippen molar-refractivity contribution in [2.45, 2.75) is 82.1 Å². The first-order chi connectivity index (χ1) is 15.5. The third kappa shape index (κ3) is 2.17. The number of carbonyl (C=O) groups excluding carboxylic acids is 3. The van der Waals surface area contributed by atoms with E-state index in [9.17, 15) is 14.4 Å². The molecular formula is C24H28O9. The molecule has 3 saturated heterocycles. The molecule has 0 aromatic carbocycles. The standard InChI is InChI=1S/C24H28O9/c1-14(25)29-12-21-18(31-15(2)26)9-20(4)19(3)11-23(32-20,16-6-8-28-10-16)33-24(19,21)7-5-17(27)22(21)13-30-22/h6,8,10,18H,5,7,9,11-13H2,1-4H3/t18-,19?,20-,21-,22+,23-,24-/m0/s1. The van der Waals surface area contributed by atoms with Crippen LogP contribution in [-0.4, -0.2) is 53.8 Å². The maximum absolute atomic E-state index is 13.4. The summed E-state index contributed by atoms with van der Waals surface area (Å²) in [4.78, 5) is 37.7. The SMILES string of the molecule is CC(=O)OC[C@@]12[C@@H](OC(C)=O)C[C@]3(C)O[C@@]4(c5ccoc5)CC3(C)[C@]1(CCC(=O)[C@]21CO1)O4.